The van der Waals surface area contributed by atoms with Crippen LogP contribution in [0.2, 0.25) is 0 Å². The maximum atomic E-state index is 11.5. The predicted octanol–water partition coefficient (Wildman–Crippen LogP) is 0.362. The second-order valence-corrected chi connectivity index (χ2v) is 5.95. The Kier molecular flexibility index (Phi) is 3.12. The van der Waals surface area contributed by atoms with Gasteiger partial charge in [-0.1, -0.05) is 0 Å². The minimum absolute atomic E-state index is 0.0277. The van der Waals surface area contributed by atoms with Gasteiger partial charge in [0.2, 0.25) is 10.0 Å². The Morgan fingerprint density at radius 1 is 1.53 bits per heavy atom. The fraction of sp³-hybridized carbons (Fsp3) is 0.400. The summed E-state index contributed by atoms with van der Waals surface area (Å²) in [5.74, 6) is -1.06. The van der Waals surface area contributed by atoms with E-state index in [-0.39, 0.29) is 17.4 Å². The van der Waals surface area contributed by atoms with Crippen molar-refractivity contribution in [3.63, 3.8) is 0 Å². The van der Waals surface area contributed by atoms with Gasteiger partial charge in [-0.25, -0.2) is 17.9 Å². The monoisotopic (exact) mass is 256 g/mol. The lowest BCUT2D eigenvalue weighted by Crippen LogP contribution is -2.27. The number of hydrogen-bond acceptors (Lipinski definition) is 4. The quantitative estimate of drug-likeness (QED) is 0.793. The summed E-state index contributed by atoms with van der Waals surface area (Å²) < 4.78 is 25.5. The van der Waals surface area contributed by atoms with E-state index < -0.39 is 16.0 Å². The van der Waals surface area contributed by atoms with Gasteiger partial charge in [-0.05, 0) is 25.0 Å². The van der Waals surface area contributed by atoms with Crippen LogP contribution >= 0.6 is 0 Å². The Morgan fingerprint density at radius 3 is 2.82 bits per heavy atom. The highest BCUT2D eigenvalue weighted by Crippen LogP contribution is 2.27. The number of nitrogens with one attached hydrogen (secondary N) is 1. The summed E-state index contributed by atoms with van der Waals surface area (Å²) in [7, 11) is -3.26. The maximum absolute atomic E-state index is 11.5. The molecule has 0 aliphatic heterocycles. The van der Waals surface area contributed by atoms with E-state index in [2.05, 4.69) is 9.71 Å². The number of nitrogens with zero attached hydrogens (tertiary/aromatic N) is 1. The SMILES string of the molecule is O=C(O)c1ccnc(CNS(=O)(=O)C2CC2)c1. The molecule has 1 saturated carbocycles. The zero-order valence-electron chi connectivity index (χ0n) is 8.96. The van der Waals surface area contributed by atoms with Crippen molar-refractivity contribution >= 4 is 16.0 Å². The highest BCUT2D eigenvalue weighted by Gasteiger charge is 2.35. The summed E-state index contributed by atoms with van der Waals surface area (Å²) in [5.41, 5.74) is 0.495. The van der Waals surface area contributed by atoms with E-state index in [0.717, 1.165) is 0 Å². The molecule has 1 aliphatic carbocycles. The molecule has 1 aromatic rings. The molecule has 0 radical (unpaired) electrons. The molecule has 2 rings (SSSR count). The number of aromatic carboxylic acids is 1. The lowest BCUT2D eigenvalue weighted by atomic mass is 10.2. The van der Waals surface area contributed by atoms with Gasteiger partial charge in [0.15, 0.2) is 0 Å². The van der Waals surface area contributed by atoms with E-state index in [0.29, 0.717) is 18.5 Å². The smallest absolute Gasteiger partial charge is 0.335 e. The van der Waals surface area contributed by atoms with Gasteiger partial charge < -0.3 is 5.11 Å². The first kappa shape index (κ1) is 12.0. The largest absolute Gasteiger partial charge is 0.478 e. The van der Waals surface area contributed by atoms with Gasteiger partial charge in [-0.15, -0.1) is 0 Å². The summed E-state index contributed by atoms with van der Waals surface area (Å²) in [6.45, 7) is 0.0277. The van der Waals surface area contributed by atoms with Crippen LogP contribution in [0.1, 0.15) is 28.9 Å². The normalized spacial score (nSPS) is 15.8. The lowest BCUT2D eigenvalue weighted by molar-refractivity contribution is 0.0696. The van der Waals surface area contributed by atoms with Gasteiger partial charge in [0.1, 0.15) is 0 Å². The molecular weight excluding hydrogens is 244 g/mol. The van der Waals surface area contributed by atoms with Crippen molar-refractivity contribution in [1.29, 1.82) is 0 Å². The standard InChI is InChI=1S/C10H12N2O4S/c13-10(14)7-3-4-11-8(5-7)6-12-17(15,16)9-1-2-9/h3-5,9,12H,1-2,6H2,(H,13,14). The van der Waals surface area contributed by atoms with Gasteiger partial charge in [0, 0.05) is 6.20 Å². The van der Waals surface area contributed by atoms with E-state index in [4.69, 9.17) is 5.11 Å². The number of aromatic nitrogens is 1. The first-order valence-corrected chi connectivity index (χ1v) is 6.70. The number of hydrogen-bond donors (Lipinski definition) is 2. The zero-order valence-corrected chi connectivity index (χ0v) is 9.77. The Morgan fingerprint density at radius 2 is 2.24 bits per heavy atom. The Hall–Kier alpha value is -1.47. The maximum Gasteiger partial charge on any atom is 0.335 e. The minimum Gasteiger partial charge on any atom is -0.478 e. The van der Waals surface area contributed by atoms with Crippen LogP contribution in [0.25, 0.3) is 0 Å². The highest BCUT2D eigenvalue weighted by molar-refractivity contribution is 7.90. The fourth-order valence-corrected chi connectivity index (χ4v) is 2.72. The van der Waals surface area contributed by atoms with Crippen molar-refractivity contribution in [2.45, 2.75) is 24.6 Å². The van der Waals surface area contributed by atoms with Gasteiger partial charge in [-0.2, -0.15) is 0 Å². The molecule has 1 fully saturated rings. The van der Waals surface area contributed by atoms with Crippen LogP contribution in [0.15, 0.2) is 18.3 Å². The molecule has 0 spiro atoms. The Bertz CT molecular complexity index is 537. The second kappa shape index (κ2) is 4.42. The molecule has 0 unspecified atom stereocenters. The van der Waals surface area contributed by atoms with Gasteiger partial charge in [0.25, 0.3) is 0 Å². The minimum atomic E-state index is -3.26. The van der Waals surface area contributed by atoms with Crippen LogP contribution < -0.4 is 4.72 Å². The van der Waals surface area contributed by atoms with Crippen molar-refractivity contribution in [1.82, 2.24) is 9.71 Å². The average Bonchev–Trinajstić information content (AvgIpc) is 3.11. The van der Waals surface area contributed by atoms with E-state index >= 15 is 0 Å². The second-order valence-electron chi connectivity index (χ2n) is 3.91. The molecule has 1 heterocycles. The molecule has 0 saturated heterocycles. The van der Waals surface area contributed by atoms with E-state index in [1.165, 1.54) is 18.3 Å². The molecule has 0 aromatic carbocycles. The molecule has 7 heteroatoms. The third-order valence-corrected chi connectivity index (χ3v) is 4.38. The summed E-state index contributed by atoms with van der Waals surface area (Å²) >= 11 is 0. The molecule has 6 nitrogen and oxygen atoms in total. The van der Waals surface area contributed by atoms with E-state index in [1.807, 2.05) is 0 Å². The van der Waals surface area contributed by atoms with E-state index in [9.17, 15) is 13.2 Å². The Labute approximate surface area is 98.7 Å². The molecule has 1 aliphatic rings. The van der Waals surface area contributed by atoms with Gasteiger partial charge in [-0.3, -0.25) is 4.98 Å². The van der Waals surface area contributed by atoms with Crippen molar-refractivity contribution in [3.05, 3.63) is 29.6 Å². The number of carbonyl (C=O) groups is 1. The molecular formula is C10H12N2O4S. The third-order valence-electron chi connectivity index (χ3n) is 2.48. The topological polar surface area (TPSA) is 96.4 Å². The summed E-state index contributed by atoms with van der Waals surface area (Å²) in [6.07, 6.45) is 2.74. The number of sulfonamides is 1. The first-order chi connectivity index (χ1) is 7.99. The number of rotatable bonds is 5. The van der Waals surface area contributed by atoms with Crippen molar-refractivity contribution < 1.29 is 18.3 Å². The van der Waals surface area contributed by atoms with E-state index in [1.54, 1.807) is 0 Å². The molecule has 0 bridgehead atoms. The summed E-state index contributed by atoms with van der Waals surface area (Å²) in [6, 6.07) is 2.72. The molecule has 17 heavy (non-hydrogen) atoms. The number of pyridine rings is 1. The Balaban J connectivity index is 2.04. The third kappa shape index (κ3) is 3.01. The highest BCUT2D eigenvalue weighted by atomic mass is 32.2. The average molecular weight is 256 g/mol. The van der Waals surface area contributed by atoms with Gasteiger partial charge in [0.05, 0.1) is 23.1 Å². The predicted molar refractivity (Wildman–Crippen MR) is 60.0 cm³/mol. The summed E-state index contributed by atoms with van der Waals surface area (Å²) in [4.78, 5) is 14.6. The van der Waals surface area contributed by atoms with Crippen LogP contribution in [-0.2, 0) is 16.6 Å². The van der Waals surface area contributed by atoms with Crippen LogP contribution in [0.4, 0.5) is 0 Å². The number of carboxylic acid groups (broad SMARTS) is 1. The van der Waals surface area contributed by atoms with Crippen molar-refractivity contribution in [2.75, 3.05) is 0 Å². The zero-order chi connectivity index (χ0) is 12.5. The van der Waals surface area contributed by atoms with Crippen LogP contribution in [0.3, 0.4) is 0 Å². The van der Waals surface area contributed by atoms with Crippen LogP contribution in [0.5, 0.6) is 0 Å². The molecule has 92 valence electrons. The molecule has 0 atom stereocenters. The van der Waals surface area contributed by atoms with Crippen molar-refractivity contribution in [3.8, 4) is 0 Å². The lowest BCUT2D eigenvalue weighted by Gasteiger charge is -2.05. The molecule has 0 amide bonds. The van der Waals surface area contributed by atoms with Crippen LogP contribution in [0, 0.1) is 0 Å². The molecule has 2 N–H and O–H groups in total. The summed E-state index contributed by atoms with van der Waals surface area (Å²) in [5, 5.41) is 8.48. The van der Waals surface area contributed by atoms with Crippen molar-refractivity contribution in [2.24, 2.45) is 0 Å². The number of carboxylic acids is 1. The fourth-order valence-electron chi connectivity index (χ4n) is 1.38. The van der Waals surface area contributed by atoms with Crippen LogP contribution in [-0.4, -0.2) is 29.7 Å². The first-order valence-electron chi connectivity index (χ1n) is 5.16. The molecule has 1 aromatic heterocycles. The van der Waals surface area contributed by atoms with Gasteiger partial charge >= 0.3 is 5.97 Å².